The minimum atomic E-state index is -0.290. The number of rotatable bonds is 5. The van der Waals surface area contributed by atoms with Gasteiger partial charge < -0.3 is 19.5 Å². The number of benzene rings is 1. The standard InChI is InChI=1S/C19H23N3O3/c1-15-5-2-3-6-16(15)21-10-12-22(13-11-21)18(23)8-9-20-19(24)17-7-4-14-25-17/h2-7,14H,8-13H2,1H3,(H,20,24). The molecular weight excluding hydrogens is 318 g/mol. The van der Waals surface area contributed by atoms with Crippen LogP contribution in [0.5, 0.6) is 0 Å². The summed E-state index contributed by atoms with van der Waals surface area (Å²) in [7, 11) is 0. The fourth-order valence-corrected chi connectivity index (χ4v) is 3.05. The first-order chi connectivity index (χ1) is 12.1. The Labute approximate surface area is 147 Å². The second kappa shape index (κ2) is 7.88. The number of nitrogens with one attached hydrogen (secondary N) is 1. The highest BCUT2D eigenvalue weighted by molar-refractivity contribution is 5.91. The van der Waals surface area contributed by atoms with Gasteiger partial charge in [-0.1, -0.05) is 18.2 Å². The normalized spacial score (nSPS) is 14.4. The second-order valence-electron chi connectivity index (χ2n) is 6.14. The Balaban J connectivity index is 1.42. The number of furan rings is 1. The lowest BCUT2D eigenvalue weighted by molar-refractivity contribution is -0.131. The molecule has 1 saturated heterocycles. The predicted molar refractivity (Wildman–Crippen MR) is 95.6 cm³/mol. The van der Waals surface area contributed by atoms with Gasteiger partial charge in [0.2, 0.25) is 5.91 Å². The predicted octanol–water partition coefficient (Wildman–Crippen LogP) is 2.06. The van der Waals surface area contributed by atoms with Crippen molar-refractivity contribution in [2.75, 3.05) is 37.6 Å². The van der Waals surface area contributed by atoms with Crippen LogP contribution in [0.25, 0.3) is 0 Å². The smallest absolute Gasteiger partial charge is 0.286 e. The fraction of sp³-hybridized carbons (Fsp3) is 0.368. The van der Waals surface area contributed by atoms with Crippen molar-refractivity contribution >= 4 is 17.5 Å². The molecule has 25 heavy (non-hydrogen) atoms. The summed E-state index contributed by atoms with van der Waals surface area (Å²) in [5.41, 5.74) is 2.49. The second-order valence-corrected chi connectivity index (χ2v) is 6.14. The fourth-order valence-electron chi connectivity index (χ4n) is 3.05. The summed E-state index contributed by atoms with van der Waals surface area (Å²) in [5.74, 6) is 0.0469. The highest BCUT2D eigenvalue weighted by Gasteiger charge is 2.21. The van der Waals surface area contributed by atoms with Crippen LogP contribution in [0.1, 0.15) is 22.5 Å². The number of piperazine rings is 1. The molecule has 2 aromatic rings. The van der Waals surface area contributed by atoms with Crippen LogP contribution in [0.4, 0.5) is 5.69 Å². The summed E-state index contributed by atoms with van der Waals surface area (Å²) in [6.45, 7) is 5.49. The number of carbonyl (C=O) groups is 2. The van der Waals surface area contributed by atoms with Gasteiger partial charge in [0.25, 0.3) is 5.91 Å². The number of aryl methyl sites for hydroxylation is 1. The molecule has 0 spiro atoms. The SMILES string of the molecule is Cc1ccccc1N1CCN(C(=O)CCNC(=O)c2ccco2)CC1. The highest BCUT2D eigenvalue weighted by atomic mass is 16.3. The van der Waals surface area contributed by atoms with E-state index in [0.29, 0.717) is 26.1 Å². The molecule has 2 heterocycles. The van der Waals surface area contributed by atoms with Crippen molar-refractivity contribution < 1.29 is 14.0 Å². The van der Waals surface area contributed by atoms with Gasteiger partial charge in [0.05, 0.1) is 6.26 Å². The lowest BCUT2D eigenvalue weighted by atomic mass is 10.1. The molecule has 1 aliphatic heterocycles. The molecule has 2 amide bonds. The highest BCUT2D eigenvalue weighted by Crippen LogP contribution is 2.20. The van der Waals surface area contributed by atoms with Gasteiger partial charge in [0.1, 0.15) is 0 Å². The van der Waals surface area contributed by atoms with Crippen LogP contribution in [-0.4, -0.2) is 49.4 Å². The molecule has 0 aliphatic carbocycles. The van der Waals surface area contributed by atoms with E-state index in [2.05, 4.69) is 29.3 Å². The molecule has 3 rings (SSSR count). The maximum absolute atomic E-state index is 12.3. The topological polar surface area (TPSA) is 65.8 Å². The third-order valence-corrected chi connectivity index (χ3v) is 4.46. The third kappa shape index (κ3) is 4.21. The van der Waals surface area contributed by atoms with Crippen molar-refractivity contribution in [2.45, 2.75) is 13.3 Å². The van der Waals surface area contributed by atoms with Gasteiger partial charge in [-0.15, -0.1) is 0 Å². The van der Waals surface area contributed by atoms with Crippen molar-refractivity contribution in [1.29, 1.82) is 0 Å². The summed E-state index contributed by atoms with van der Waals surface area (Å²) < 4.78 is 5.02. The van der Waals surface area contributed by atoms with E-state index in [1.807, 2.05) is 17.0 Å². The van der Waals surface area contributed by atoms with Gasteiger partial charge in [-0.3, -0.25) is 9.59 Å². The maximum atomic E-state index is 12.3. The molecule has 6 nitrogen and oxygen atoms in total. The number of hydrogen-bond donors (Lipinski definition) is 1. The first kappa shape index (κ1) is 17.1. The van der Waals surface area contributed by atoms with E-state index >= 15 is 0 Å². The van der Waals surface area contributed by atoms with Gasteiger partial charge in [-0.05, 0) is 30.7 Å². The third-order valence-electron chi connectivity index (χ3n) is 4.46. The van der Waals surface area contributed by atoms with E-state index in [4.69, 9.17) is 4.42 Å². The van der Waals surface area contributed by atoms with Crippen LogP contribution in [0, 0.1) is 6.92 Å². The Hall–Kier alpha value is -2.76. The van der Waals surface area contributed by atoms with E-state index in [0.717, 1.165) is 13.1 Å². The van der Waals surface area contributed by atoms with Gasteiger partial charge >= 0.3 is 0 Å². The number of amides is 2. The summed E-state index contributed by atoms with van der Waals surface area (Å²) in [6.07, 6.45) is 1.75. The quantitative estimate of drug-likeness (QED) is 0.904. The van der Waals surface area contributed by atoms with E-state index in [1.54, 1.807) is 12.1 Å². The summed E-state index contributed by atoms with van der Waals surface area (Å²) in [6, 6.07) is 11.6. The molecule has 0 radical (unpaired) electrons. The first-order valence-electron chi connectivity index (χ1n) is 8.55. The molecule has 1 N–H and O–H groups in total. The van der Waals surface area contributed by atoms with Crippen LogP contribution in [-0.2, 0) is 4.79 Å². The first-order valence-corrected chi connectivity index (χ1v) is 8.55. The van der Waals surface area contributed by atoms with Crippen LogP contribution >= 0.6 is 0 Å². The zero-order chi connectivity index (χ0) is 17.6. The van der Waals surface area contributed by atoms with Crippen molar-refractivity contribution in [2.24, 2.45) is 0 Å². The molecule has 1 fully saturated rings. The molecule has 0 saturated carbocycles. The molecular formula is C19H23N3O3. The maximum Gasteiger partial charge on any atom is 0.286 e. The molecule has 0 unspecified atom stereocenters. The summed E-state index contributed by atoms with van der Waals surface area (Å²) in [5, 5.41) is 2.71. The van der Waals surface area contributed by atoms with Gasteiger partial charge in [-0.25, -0.2) is 0 Å². The van der Waals surface area contributed by atoms with E-state index in [1.165, 1.54) is 17.5 Å². The number of nitrogens with zero attached hydrogens (tertiary/aromatic N) is 2. The van der Waals surface area contributed by atoms with Crippen LogP contribution < -0.4 is 10.2 Å². The molecule has 6 heteroatoms. The van der Waals surface area contributed by atoms with E-state index < -0.39 is 0 Å². The zero-order valence-electron chi connectivity index (χ0n) is 14.4. The lowest BCUT2D eigenvalue weighted by Gasteiger charge is -2.36. The molecule has 0 atom stereocenters. The summed E-state index contributed by atoms with van der Waals surface area (Å²) in [4.78, 5) is 28.3. The monoisotopic (exact) mass is 341 g/mol. The van der Waals surface area contributed by atoms with E-state index in [9.17, 15) is 9.59 Å². The summed E-state index contributed by atoms with van der Waals surface area (Å²) >= 11 is 0. The van der Waals surface area contributed by atoms with Gasteiger partial charge in [0, 0.05) is 44.8 Å². The van der Waals surface area contributed by atoms with Gasteiger partial charge in [0.15, 0.2) is 5.76 Å². The molecule has 1 aliphatic rings. The van der Waals surface area contributed by atoms with Crippen molar-refractivity contribution in [3.05, 3.63) is 54.0 Å². The number of hydrogen-bond acceptors (Lipinski definition) is 4. The minimum Gasteiger partial charge on any atom is -0.459 e. The Kier molecular flexibility index (Phi) is 5.38. The van der Waals surface area contributed by atoms with Crippen LogP contribution in [0.3, 0.4) is 0 Å². The average molecular weight is 341 g/mol. The Morgan fingerprint density at radius 1 is 1.08 bits per heavy atom. The van der Waals surface area contributed by atoms with E-state index in [-0.39, 0.29) is 17.6 Å². The minimum absolute atomic E-state index is 0.0733. The Morgan fingerprint density at radius 3 is 2.52 bits per heavy atom. The van der Waals surface area contributed by atoms with Crippen molar-refractivity contribution in [3.8, 4) is 0 Å². The largest absolute Gasteiger partial charge is 0.459 e. The lowest BCUT2D eigenvalue weighted by Crippen LogP contribution is -2.49. The number of para-hydroxylation sites is 1. The van der Waals surface area contributed by atoms with Crippen LogP contribution in [0.15, 0.2) is 47.1 Å². The van der Waals surface area contributed by atoms with Crippen molar-refractivity contribution in [1.82, 2.24) is 10.2 Å². The zero-order valence-corrected chi connectivity index (χ0v) is 14.4. The van der Waals surface area contributed by atoms with Gasteiger partial charge in [-0.2, -0.15) is 0 Å². The van der Waals surface area contributed by atoms with Crippen molar-refractivity contribution in [3.63, 3.8) is 0 Å². The molecule has 1 aromatic heterocycles. The average Bonchev–Trinajstić information content (AvgIpc) is 3.17. The molecule has 0 bridgehead atoms. The Bertz CT molecular complexity index is 719. The number of anilines is 1. The molecule has 1 aromatic carbocycles. The molecule has 132 valence electrons. The van der Waals surface area contributed by atoms with Crippen LogP contribution in [0.2, 0.25) is 0 Å². The number of carbonyl (C=O) groups excluding carboxylic acids is 2. The Morgan fingerprint density at radius 2 is 1.84 bits per heavy atom.